The highest BCUT2D eigenvalue weighted by molar-refractivity contribution is 9.10. The van der Waals surface area contributed by atoms with E-state index in [-0.39, 0.29) is 17.7 Å². The lowest BCUT2D eigenvalue weighted by Gasteiger charge is -2.31. The number of carbonyl (C=O) groups is 2. The quantitative estimate of drug-likeness (QED) is 0.767. The van der Waals surface area contributed by atoms with Gasteiger partial charge < -0.3 is 14.8 Å². The van der Waals surface area contributed by atoms with Crippen molar-refractivity contribution in [1.29, 1.82) is 0 Å². The van der Waals surface area contributed by atoms with Gasteiger partial charge in [0.15, 0.2) is 0 Å². The number of nitrogens with zero attached hydrogens (tertiary/aromatic N) is 2. The number of carbonyl (C=O) groups excluding carboxylic acids is 2. The topological polar surface area (TPSA) is 54.3 Å². The van der Waals surface area contributed by atoms with Gasteiger partial charge in [0.25, 0.3) is 5.91 Å². The first-order valence-corrected chi connectivity index (χ1v) is 9.21. The minimum Gasteiger partial charge on any atom is -0.356 e. The molecule has 0 unspecified atom stereocenters. The molecule has 1 saturated heterocycles. The van der Waals surface area contributed by atoms with E-state index in [2.05, 4.69) is 28.2 Å². The molecule has 1 N–H and O–H groups in total. The van der Waals surface area contributed by atoms with Crippen LogP contribution in [-0.2, 0) is 11.8 Å². The number of likely N-dealkylation sites (tertiary alicyclic amines) is 1. The average molecular weight is 384 g/mol. The van der Waals surface area contributed by atoms with Crippen LogP contribution >= 0.6 is 15.9 Å². The second-order valence-electron chi connectivity index (χ2n) is 6.22. The van der Waals surface area contributed by atoms with Crippen LogP contribution in [0.5, 0.6) is 0 Å². The van der Waals surface area contributed by atoms with Crippen LogP contribution in [-0.4, -0.2) is 40.9 Å². The maximum Gasteiger partial charge on any atom is 0.270 e. The molecule has 0 bridgehead atoms. The zero-order valence-electron chi connectivity index (χ0n) is 14.0. The Bertz CT molecular complexity index is 548. The number of halogens is 1. The predicted octanol–water partition coefficient (Wildman–Crippen LogP) is 2.95. The third kappa shape index (κ3) is 4.83. The molecule has 6 heteroatoms. The fourth-order valence-electron chi connectivity index (χ4n) is 2.97. The number of hydrogen-bond acceptors (Lipinski definition) is 2. The summed E-state index contributed by atoms with van der Waals surface area (Å²) >= 11 is 3.39. The van der Waals surface area contributed by atoms with Gasteiger partial charge >= 0.3 is 0 Å². The van der Waals surface area contributed by atoms with Crippen LogP contribution in [0.3, 0.4) is 0 Å². The Morgan fingerprint density at radius 1 is 1.30 bits per heavy atom. The van der Waals surface area contributed by atoms with Gasteiger partial charge in [-0.3, -0.25) is 9.59 Å². The summed E-state index contributed by atoms with van der Waals surface area (Å²) in [4.78, 5) is 26.5. The molecule has 0 saturated carbocycles. The van der Waals surface area contributed by atoms with Crippen molar-refractivity contribution in [2.24, 2.45) is 13.0 Å². The number of rotatable bonds is 6. The summed E-state index contributed by atoms with van der Waals surface area (Å²) < 4.78 is 2.74. The fraction of sp³-hybridized carbons (Fsp3) is 0.647. The lowest BCUT2D eigenvalue weighted by Crippen LogP contribution is -2.43. The molecule has 5 nitrogen and oxygen atoms in total. The van der Waals surface area contributed by atoms with Gasteiger partial charge in [-0.15, -0.1) is 0 Å². The largest absolute Gasteiger partial charge is 0.356 e. The van der Waals surface area contributed by atoms with Gasteiger partial charge in [-0.2, -0.15) is 0 Å². The highest BCUT2D eigenvalue weighted by Gasteiger charge is 2.28. The summed E-state index contributed by atoms with van der Waals surface area (Å²) in [5.41, 5.74) is 0.680. The van der Waals surface area contributed by atoms with Crippen molar-refractivity contribution in [3.8, 4) is 0 Å². The molecule has 1 aliphatic rings. The number of hydrogen-bond donors (Lipinski definition) is 1. The molecule has 23 heavy (non-hydrogen) atoms. The monoisotopic (exact) mass is 383 g/mol. The Labute approximate surface area is 146 Å². The summed E-state index contributed by atoms with van der Waals surface area (Å²) in [5.74, 6) is 0.232. The highest BCUT2D eigenvalue weighted by atomic mass is 79.9. The molecule has 0 radical (unpaired) electrons. The van der Waals surface area contributed by atoms with E-state index in [0.717, 1.165) is 43.1 Å². The standard InChI is InChI=1S/C17H26BrN3O2/c1-3-4-5-8-19-16(22)13-6-9-21(10-7-13)17(23)15-11-14(18)12-20(15)2/h11-13H,3-10H2,1-2H3,(H,19,22). The number of aromatic nitrogens is 1. The average Bonchev–Trinajstić information content (AvgIpc) is 2.89. The van der Waals surface area contributed by atoms with Gasteiger partial charge in [0.2, 0.25) is 5.91 Å². The Hall–Kier alpha value is -1.30. The zero-order valence-corrected chi connectivity index (χ0v) is 15.6. The summed E-state index contributed by atoms with van der Waals surface area (Å²) in [7, 11) is 1.87. The second kappa shape index (κ2) is 8.52. The Morgan fingerprint density at radius 3 is 2.57 bits per heavy atom. The molecule has 2 amide bonds. The van der Waals surface area contributed by atoms with Crippen LogP contribution in [0.15, 0.2) is 16.7 Å². The molecule has 0 aliphatic carbocycles. The van der Waals surface area contributed by atoms with E-state index in [0.29, 0.717) is 18.8 Å². The molecule has 1 fully saturated rings. The van der Waals surface area contributed by atoms with Gasteiger partial charge in [0.05, 0.1) is 0 Å². The van der Waals surface area contributed by atoms with Crippen LogP contribution in [0.4, 0.5) is 0 Å². The third-order valence-corrected chi connectivity index (χ3v) is 4.86. The third-order valence-electron chi connectivity index (χ3n) is 4.42. The molecular formula is C17H26BrN3O2. The molecule has 128 valence electrons. The molecule has 1 aromatic heterocycles. The summed E-state index contributed by atoms with van der Waals surface area (Å²) in [5, 5.41) is 3.02. The predicted molar refractivity (Wildman–Crippen MR) is 94.3 cm³/mol. The van der Waals surface area contributed by atoms with Crippen LogP contribution in [0.25, 0.3) is 0 Å². The Balaban J connectivity index is 1.80. The maximum atomic E-state index is 12.5. The van der Waals surface area contributed by atoms with E-state index in [4.69, 9.17) is 0 Å². The summed E-state index contributed by atoms with van der Waals surface area (Å²) in [6.07, 6.45) is 6.73. The number of nitrogens with one attached hydrogen (secondary N) is 1. The Kier molecular flexibility index (Phi) is 6.69. The van der Waals surface area contributed by atoms with Gasteiger partial charge in [0, 0.05) is 43.3 Å². The smallest absolute Gasteiger partial charge is 0.270 e. The molecule has 1 aromatic rings. The summed E-state index contributed by atoms with van der Waals surface area (Å²) in [6, 6.07) is 1.84. The lowest BCUT2D eigenvalue weighted by molar-refractivity contribution is -0.126. The lowest BCUT2D eigenvalue weighted by atomic mass is 9.95. The van der Waals surface area contributed by atoms with Crippen molar-refractivity contribution in [3.63, 3.8) is 0 Å². The molecule has 0 spiro atoms. The molecule has 2 rings (SSSR count). The van der Waals surface area contributed by atoms with E-state index in [9.17, 15) is 9.59 Å². The normalized spacial score (nSPS) is 15.7. The van der Waals surface area contributed by atoms with E-state index in [1.165, 1.54) is 0 Å². The molecule has 0 atom stereocenters. The first-order chi connectivity index (χ1) is 11.0. The fourth-order valence-corrected chi connectivity index (χ4v) is 3.50. The van der Waals surface area contributed by atoms with E-state index in [1.807, 2.05) is 28.8 Å². The first kappa shape index (κ1) is 18.0. The van der Waals surface area contributed by atoms with Gasteiger partial charge in [-0.1, -0.05) is 19.8 Å². The van der Waals surface area contributed by atoms with Crippen molar-refractivity contribution < 1.29 is 9.59 Å². The number of unbranched alkanes of at least 4 members (excludes halogenated alkanes) is 2. The van der Waals surface area contributed by atoms with Crippen molar-refractivity contribution in [3.05, 3.63) is 22.4 Å². The molecule has 1 aliphatic heterocycles. The second-order valence-corrected chi connectivity index (χ2v) is 7.13. The van der Waals surface area contributed by atoms with E-state index in [1.54, 1.807) is 0 Å². The van der Waals surface area contributed by atoms with E-state index >= 15 is 0 Å². The van der Waals surface area contributed by atoms with Crippen LogP contribution in [0.2, 0.25) is 0 Å². The highest BCUT2D eigenvalue weighted by Crippen LogP contribution is 2.21. The van der Waals surface area contributed by atoms with Crippen molar-refractivity contribution in [2.75, 3.05) is 19.6 Å². The van der Waals surface area contributed by atoms with E-state index < -0.39 is 0 Å². The SMILES string of the molecule is CCCCCNC(=O)C1CCN(C(=O)c2cc(Br)cn2C)CC1. The zero-order chi connectivity index (χ0) is 16.8. The molecule has 0 aromatic carbocycles. The van der Waals surface area contributed by atoms with Crippen LogP contribution in [0.1, 0.15) is 49.5 Å². The number of piperidine rings is 1. The van der Waals surface area contributed by atoms with Gasteiger partial charge in [-0.25, -0.2) is 0 Å². The van der Waals surface area contributed by atoms with Crippen molar-refractivity contribution >= 4 is 27.7 Å². The van der Waals surface area contributed by atoms with Gasteiger partial charge in [0.1, 0.15) is 5.69 Å². The minimum absolute atomic E-state index is 0.0417. The van der Waals surface area contributed by atoms with Gasteiger partial charge in [-0.05, 0) is 41.3 Å². The first-order valence-electron chi connectivity index (χ1n) is 8.41. The maximum absolute atomic E-state index is 12.5. The van der Waals surface area contributed by atoms with Crippen molar-refractivity contribution in [2.45, 2.75) is 39.0 Å². The minimum atomic E-state index is 0.0417. The number of aryl methyl sites for hydroxylation is 1. The molecule has 2 heterocycles. The Morgan fingerprint density at radius 2 is 2.00 bits per heavy atom. The number of amides is 2. The summed E-state index contributed by atoms with van der Waals surface area (Å²) in [6.45, 7) is 4.21. The van der Waals surface area contributed by atoms with Crippen molar-refractivity contribution in [1.82, 2.24) is 14.8 Å². The van der Waals surface area contributed by atoms with Crippen LogP contribution < -0.4 is 5.32 Å². The van der Waals surface area contributed by atoms with Crippen LogP contribution in [0, 0.1) is 5.92 Å². The molecular weight excluding hydrogens is 358 g/mol.